The lowest BCUT2D eigenvalue weighted by molar-refractivity contribution is 0.520. The lowest BCUT2D eigenvalue weighted by atomic mass is 10.0. The molecule has 0 spiro atoms. The van der Waals surface area contributed by atoms with Gasteiger partial charge in [-0.2, -0.15) is 0 Å². The van der Waals surface area contributed by atoms with Gasteiger partial charge in [0.2, 0.25) is 0 Å². The minimum atomic E-state index is -0.219. The van der Waals surface area contributed by atoms with Crippen LogP contribution in [0.4, 0.5) is 8.78 Å². The molecule has 0 bridgehead atoms. The number of benzene rings is 2. The zero-order valence-electron chi connectivity index (χ0n) is 11.6. The molecule has 0 amide bonds. The summed E-state index contributed by atoms with van der Waals surface area (Å²) in [5, 5.41) is 3.43. The Morgan fingerprint density at radius 1 is 1.00 bits per heavy atom. The molecule has 0 aliphatic carbocycles. The van der Waals surface area contributed by atoms with Crippen LogP contribution >= 0.6 is 0 Å². The first-order valence-corrected chi connectivity index (χ1v) is 6.92. The first-order valence-electron chi connectivity index (χ1n) is 6.92. The highest BCUT2D eigenvalue weighted by molar-refractivity contribution is 5.20. The summed E-state index contributed by atoms with van der Waals surface area (Å²) in [5.74, 6) is -0.420. The molecule has 106 valence electrons. The number of halogens is 2. The van der Waals surface area contributed by atoms with Crippen LogP contribution in [0.5, 0.6) is 0 Å². The summed E-state index contributed by atoms with van der Waals surface area (Å²) in [6.45, 7) is 2.85. The summed E-state index contributed by atoms with van der Waals surface area (Å²) < 4.78 is 26.0. The minimum Gasteiger partial charge on any atom is -0.310 e. The average molecular weight is 275 g/mol. The van der Waals surface area contributed by atoms with Gasteiger partial charge in [-0.15, -0.1) is 0 Å². The predicted molar refractivity (Wildman–Crippen MR) is 77.5 cm³/mol. The SMILES string of the molecule is CCC(NCCc1cccc(F)c1)c1ccc(F)cc1. The number of hydrogen-bond donors (Lipinski definition) is 1. The van der Waals surface area contributed by atoms with Gasteiger partial charge in [-0.05, 0) is 54.8 Å². The van der Waals surface area contributed by atoms with E-state index < -0.39 is 0 Å². The van der Waals surface area contributed by atoms with Gasteiger partial charge in [0.1, 0.15) is 11.6 Å². The van der Waals surface area contributed by atoms with E-state index in [1.807, 2.05) is 6.07 Å². The molecule has 0 heterocycles. The second-order valence-corrected chi connectivity index (χ2v) is 4.85. The summed E-state index contributed by atoms with van der Waals surface area (Å²) in [4.78, 5) is 0. The molecular formula is C17H19F2N. The van der Waals surface area contributed by atoms with E-state index in [0.29, 0.717) is 0 Å². The first kappa shape index (κ1) is 14.7. The summed E-state index contributed by atoms with van der Waals surface area (Å²) in [7, 11) is 0. The molecule has 1 atom stereocenters. The van der Waals surface area contributed by atoms with Crippen LogP contribution in [0.25, 0.3) is 0 Å². The molecule has 0 aliphatic rings. The summed E-state index contributed by atoms with van der Waals surface area (Å²) in [6.07, 6.45) is 1.70. The maximum Gasteiger partial charge on any atom is 0.123 e. The van der Waals surface area contributed by atoms with Crippen LogP contribution in [0, 0.1) is 11.6 Å². The first-order chi connectivity index (χ1) is 9.69. The van der Waals surface area contributed by atoms with E-state index in [9.17, 15) is 8.78 Å². The van der Waals surface area contributed by atoms with E-state index in [2.05, 4.69) is 12.2 Å². The standard InChI is InChI=1S/C17H19F2N/c1-2-17(14-6-8-15(18)9-7-14)20-11-10-13-4-3-5-16(19)12-13/h3-9,12,17,20H,2,10-11H2,1H3. The number of nitrogens with one attached hydrogen (secondary N) is 1. The molecule has 2 rings (SSSR count). The molecule has 0 aliphatic heterocycles. The van der Waals surface area contributed by atoms with Crippen molar-refractivity contribution in [2.45, 2.75) is 25.8 Å². The van der Waals surface area contributed by atoms with Crippen molar-refractivity contribution in [2.75, 3.05) is 6.54 Å². The topological polar surface area (TPSA) is 12.0 Å². The Morgan fingerprint density at radius 2 is 1.75 bits per heavy atom. The van der Waals surface area contributed by atoms with Crippen LogP contribution < -0.4 is 5.32 Å². The second-order valence-electron chi connectivity index (χ2n) is 4.85. The van der Waals surface area contributed by atoms with Gasteiger partial charge in [-0.25, -0.2) is 8.78 Å². The van der Waals surface area contributed by atoms with Gasteiger partial charge in [-0.1, -0.05) is 31.2 Å². The van der Waals surface area contributed by atoms with Crippen molar-refractivity contribution in [3.63, 3.8) is 0 Å². The van der Waals surface area contributed by atoms with Gasteiger partial charge < -0.3 is 5.32 Å². The van der Waals surface area contributed by atoms with Crippen molar-refractivity contribution < 1.29 is 8.78 Å². The van der Waals surface area contributed by atoms with E-state index in [0.717, 1.165) is 30.5 Å². The summed E-state index contributed by atoms with van der Waals surface area (Å²) in [5.41, 5.74) is 2.06. The van der Waals surface area contributed by atoms with Crippen LogP contribution in [0.2, 0.25) is 0 Å². The normalized spacial score (nSPS) is 12.3. The van der Waals surface area contributed by atoms with E-state index in [-0.39, 0.29) is 17.7 Å². The molecule has 3 heteroatoms. The van der Waals surface area contributed by atoms with E-state index in [1.54, 1.807) is 24.3 Å². The van der Waals surface area contributed by atoms with Gasteiger partial charge in [0.25, 0.3) is 0 Å². The third-order valence-electron chi connectivity index (χ3n) is 3.37. The molecule has 1 unspecified atom stereocenters. The van der Waals surface area contributed by atoms with Crippen molar-refractivity contribution in [1.29, 1.82) is 0 Å². The Morgan fingerprint density at radius 3 is 2.40 bits per heavy atom. The van der Waals surface area contributed by atoms with E-state index in [4.69, 9.17) is 0 Å². The summed E-state index contributed by atoms with van der Waals surface area (Å²) >= 11 is 0. The smallest absolute Gasteiger partial charge is 0.123 e. The molecule has 2 aromatic rings. The van der Waals surface area contributed by atoms with Crippen molar-refractivity contribution in [1.82, 2.24) is 5.32 Å². The molecule has 1 nitrogen and oxygen atoms in total. The van der Waals surface area contributed by atoms with Gasteiger partial charge in [-0.3, -0.25) is 0 Å². The van der Waals surface area contributed by atoms with Crippen molar-refractivity contribution in [3.05, 3.63) is 71.3 Å². The zero-order valence-corrected chi connectivity index (χ0v) is 11.6. The molecule has 1 N–H and O–H groups in total. The molecular weight excluding hydrogens is 256 g/mol. The lowest BCUT2D eigenvalue weighted by Gasteiger charge is -2.17. The van der Waals surface area contributed by atoms with Crippen LogP contribution in [0.15, 0.2) is 48.5 Å². The minimum absolute atomic E-state index is 0.198. The maximum absolute atomic E-state index is 13.1. The predicted octanol–water partition coefficient (Wildman–Crippen LogP) is 4.25. The van der Waals surface area contributed by atoms with Crippen molar-refractivity contribution in [2.24, 2.45) is 0 Å². The van der Waals surface area contributed by atoms with E-state index in [1.165, 1.54) is 18.2 Å². The molecule has 0 saturated carbocycles. The van der Waals surface area contributed by atoms with Crippen LogP contribution in [0.3, 0.4) is 0 Å². The highest BCUT2D eigenvalue weighted by Crippen LogP contribution is 2.17. The average Bonchev–Trinajstić information content (AvgIpc) is 2.45. The Labute approximate surface area is 118 Å². The number of rotatable bonds is 6. The fourth-order valence-electron chi connectivity index (χ4n) is 2.28. The lowest BCUT2D eigenvalue weighted by Crippen LogP contribution is -2.23. The van der Waals surface area contributed by atoms with Gasteiger partial charge in [0.15, 0.2) is 0 Å². The zero-order chi connectivity index (χ0) is 14.4. The van der Waals surface area contributed by atoms with Crippen molar-refractivity contribution >= 4 is 0 Å². The molecule has 20 heavy (non-hydrogen) atoms. The van der Waals surface area contributed by atoms with E-state index >= 15 is 0 Å². The molecule has 0 aromatic heterocycles. The Hall–Kier alpha value is -1.74. The van der Waals surface area contributed by atoms with Gasteiger partial charge in [0, 0.05) is 6.04 Å². The highest BCUT2D eigenvalue weighted by atomic mass is 19.1. The largest absolute Gasteiger partial charge is 0.310 e. The van der Waals surface area contributed by atoms with Gasteiger partial charge >= 0.3 is 0 Å². The highest BCUT2D eigenvalue weighted by Gasteiger charge is 2.08. The van der Waals surface area contributed by atoms with Crippen molar-refractivity contribution in [3.8, 4) is 0 Å². The van der Waals surface area contributed by atoms with Crippen LogP contribution in [0.1, 0.15) is 30.5 Å². The maximum atomic E-state index is 13.1. The Kier molecular flexibility index (Phi) is 5.24. The molecule has 0 saturated heterocycles. The Balaban J connectivity index is 1.89. The van der Waals surface area contributed by atoms with Gasteiger partial charge in [0.05, 0.1) is 0 Å². The molecule has 0 radical (unpaired) electrons. The fourth-order valence-corrected chi connectivity index (χ4v) is 2.28. The van der Waals surface area contributed by atoms with Crippen LogP contribution in [-0.2, 0) is 6.42 Å². The third kappa shape index (κ3) is 4.14. The quantitative estimate of drug-likeness (QED) is 0.831. The summed E-state index contributed by atoms with van der Waals surface area (Å²) in [6, 6.07) is 13.4. The molecule has 0 fully saturated rings. The number of hydrogen-bond acceptors (Lipinski definition) is 1. The Bertz CT molecular complexity index is 537. The van der Waals surface area contributed by atoms with Crippen LogP contribution in [-0.4, -0.2) is 6.54 Å². The molecule has 2 aromatic carbocycles. The fraction of sp³-hybridized carbons (Fsp3) is 0.294. The monoisotopic (exact) mass is 275 g/mol. The second kappa shape index (κ2) is 7.15. The third-order valence-corrected chi connectivity index (χ3v) is 3.37.